The van der Waals surface area contributed by atoms with Crippen LogP contribution < -0.4 is 44.6 Å². The fraction of sp³-hybridized carbons (Fsp3) is 0.667. The number of unbranched alkanes of at least 4 members (excludes halogenated alkanes) is 1. The normalized spacial score (nSPS) is 25.2. The molecule has 4 amide bonds. The molecule has 5 rings (SSSR count). The summed E-state index contributed by atoms with van der Waals surface area (Å²) in [6.45, 7) is 0.730. The lowest BCUT2D eigenvalue weighted by Gasteiger charge is -2.41. The van der Waals surface area contributed by atoms with E-state index in [0.29, 0.717) is 62.8 Å². The third-order valence-corrected chi connectivity index (χ3v) is 10.1. The van der Waals surface area contributed by atoms with Gasteiger partial charge in [-0.1, -0.05) is 30.3 Å². The van der Waals surface area contributed by atoms with Crippen molar-refractivity contribution < 1.29 is 19.2 Å². The van der Waals surface area contributed by atoms with Crippen LogP contribution in [0.15, 0.2) is 35.3 Å². The summed E-state index contributed by atoms with van der Waals surface area (Å²) < 4.78 is 0. The van der Waals surface area contributed by atoms with E-state index in [1.54, 1.807) is 0 Å². The van der Waals surface area contributed by atoms with E-state index in [0.717, 1.165) is 24.8 Å². The molecular formula is C33H53N9O4. The van der Waals surface area contributed by atoms with Gasteiger partial charge in [0.25, 0.3) is 0 Å². The van der Waals surface area contributed by atoms with Crippen LogP contribution in [0.5, 0.6) is 0 Å². The molecule has 0 heterocycles. The molecule has 0 aliphatic heterocycles. The third-order valence-electron chi connectivity index (χ3n) is 10.1. The molecule has 4 bridgehead atoms. The number of nitrogens with one attached hydrogen (secondary N) is 3. The summed E-state index contributed by atoms with van der Waals surface area (Å²) in [4.78, 5) is 57.2. The highest BCUT2D eigenvalue weighted by atomic mass is 16.2. The summed E-state index contributed by atoms with van der Waals surface area (Å²) in [5, 5.41) is 8.59. The topological polar surface area (TPSA) is 247 Å². The zero-order valence-electron chi connectivity index (χ0n) is 26.8. The maximum atomic E-state index is 13.9. The van der Waals surface area contributed by atoms with Crippen LogP contribution in [-0.4, -0.2) is 66.8 Å². The molecule has 0 radical (unpaired) electrons. The highest BCUT2D eigenvalue weighted by molar-refractivity contribution is 5.94. The Bertz CT molecular complexity index is 1220. The lowest BCUT2D eigenvalue weighted by molar-refractivity contribution is -0.134. The smallest absolute Gasteiger partial charge is 0.243 e. The minimum absolute atomic E-state index is 0.0439. The number of carbonyl (C=O) groups excluding carboxylic acids is 4. The SMILES string of the molecule is NCCCC[C@H](NC(=O)[C@H](CC12CC3CC(C1)C(C3)C2)NC(=O)[C@@H](CCCN=C(N)N)NC(=O)[C@@H](N)Cc1ccccc1)C(N)=O. The van der Waals surface area contributed by atoms with E-state index < -0.39 is 47.8 Å². The molecule has 1 aromatic rings. The van der Waals surface area contributed by atoms with Crippen LogP contribution in [0.4, 0.5) is 0 Å². The Kier molecular flexibility index (Phi) is 12.4. The number of primary amides is 1. The van der Waals surface area contributed by atoms with Crippen LogP contribution in [0.3, 0.4) is 0 Å². The molecule has 6 atom stereocenters. The number of hydrogen-bond acceptors (Lipinski definition) is 7. The minimum atomic E-state index is -0.983. The Morgan fingerprint density at radius 2 is 1.41 bits per heavy atom. The van der Waals surface area contributed by atoms with Crippen LogP contribution in [0.25, 0.3) is 0 Å². The average Bonchev–Trinajstić information content (AvgIpc) is 3.43. The third kappa shape index (κ3) is 9.65. The van der Waals surface area contributed by atoms with Crippen LogP contribution in [0.2, 0.25) is 0 Å². The van der Waals surface area contributed by atoms with Gasteiger partial charge >= 0.3 is 0 Å². The first-order valence-corrected chi connectivity index (χ1v) is 16.7. The second-order valence-corrected chi connectivity index (χ2v) is 13.8. The Labute approximate surface area is 271 Å². The van der Waals surface area contributed by atoms with E-state index in [4.69, 9.17) is 28.7 Å². The van der Waals surface area contributed by atoms with Crippen LogP contribution in [-0.2, 0) is 25.6 Å². The van der Waals surface area contributed by atoms with Crippen molar-refractivity contribution in [3.63, 3.8) is 0 Å². The Morgan fingerprint density at radius 3 is 2.02 bits per heavy atom. The predicted molar refractivity (Wildman–Crippen MR) is 177 cm³/mol. The number of aliphatic imine (C=N–C) groups is 1. The zero-order chi connectivity index (χ0) is 33.3. The second kappa shape index (κ2) is 16.2. The number of nitrogens with zero attached hydrogens (tertiary/aromatic N) is 1. The molecule has 13 N–H and O–H groups in total. The van der Waals surface area contributed by atoms with Gasteiger partial charge in [0.1, 0.15) is 18.1 Å². The van der Waals surface area contributed by atoms with Crippen LogP contribution >= 0.6 is 0 Å². The van der Waals surface area contributed by atoms with E-state index in [1.807, 2.05) is 30.3 Å². The van der Waals surface area contributed by atoms with E-state index in [-0.39, 0.29) is 24.3 Å². The van der Waals surface area contributed by atoms with Crippen molar-refractivity contribution >= 4 is 29.6 Å². The van der Waals surface area contributed by atoms with Gasteiger partial charge in [-0.05, 0) is 112 Å². The number of guanidine groups is 1. The van der Waals surface area contributed by atoms with Gasteiger partial charge in [-0.25, -0.2) is 0 Å². The summed E-state index contributed by atoms with van der Waals surface area (Å²) in [6.07, 6.45) is 8.66. The summed E-state index contributed by atoms with van der Waals surface area (Å²) in [6, 6.07) is 5.73. The van der Waals surface area contributed by atoms with E-state index in [1.165, 1.54) is 12.8 Å². The number of nitrogens with two attached hydrogens (primary N) is 5. The van der Waals surface area contributed by atoms with Gasteiger partial charge < -0.3 is 44.6 Å². The molecule has 46 heavy (non-hydrogen) atoms. The first-order chi connectivity index (χ1) is 22.0. The second-order valence-electron chi connectivity index (χ2n) is 13.8. The molecule has 254 valence electrons. The predicted octanol–water partition coefficient (Wildman–Crippen LogP) is -0.105. The average molecular weight is 640 g/mol. The van der Waals surface area contributed by atoms with Crippen molar-refractivity contribution in [1.82, 2.24) is 16.0 Å². The molecule has 0 spiro atoms. The van der Waals surface area contributed by atoms with Crippen molar-refractivity contribution in [1.29, 1.82) is 0 Å². The Hall–Kier alpha value is -3.71. The fourth-order valence-corrected chi connectivity index (χ4v) is 8.21. The van der Waals surface area contributed by atoms with Crippen molar-refractivity contribution in [2.75, 3.05) is 13.1 Å². The number of benzene rings is 1. The van der Waals surface area contributed by atoms with Gasteiger partial charge in [0.05, 0.1) is 6.04 Å². The van der Waals surface area contributed by atoms with Gasteiger partial charge in [-0.3, -0.25) is 24.2 Å². The molecule has 4 aliphatic rings. The number of hydrogen-bond donors (Lipinski definition) is 8. The van der Waals surface area contributed by atoms with Gasteiger partial charge in [0.15, 0.2) is 5.96 Å². The number of rotatable bonds is 19. The highest BCUT2D eigenvalue weighted by Crippen LogP contribution is 2.65. The number of carbonyl (C=O) groups is 4. The highest BCUT2D eigenvalue weighted by Gasteiger charge is 2.56. The first-order valence-electron chi connectivity index (χ1n) is 16.7. The summed E-state index contributed by atoms with van der Waals surface area (Å²) in [5.41, 5.74) is 29.3. The van der Waals surface area contributed by atoms with Gasteiger partial charge in [0, 0.05) is 6.54 Å². The van der Waals surface area contributed by atoms with Crippen molar-refractivity contribution in [3.05, 3.63) is 35.9 Å². The lowest BCUT2D eigenvalue weighted by atomic mass is 9.66. The molecule has 0 aromatic heterocycles. The molecule has 2 unspecified atom stereocenters. The molecule has 4 saturated carbocycles. The first kappa shape index (κ1) is 35.1. The van der Waals surface area contributed by atoms with E-state index in [9.17, 15) is 19.2 Å². The lowest BCUT2D eigenvalue weighted by Crippen LogP contribution is -2.58. The van der Waals surface area contributed by atoms with Crippen molar-refractivity contribution in [2.45, 2.75) is 101 Å². The fourth-order valence-electron chi connectivity index (χ4n) is 8.21. The molecule has 1 aromatic carbocycles. The van der Waals surface area contributed by atoms with Crippen LogP contribution in [0.1, 0.15) is 76.2 Å². The molecular weight excluding hydrogens is 586 g/mol. The van der Waals surface area contributed by atoms with Crippen LogP contribution in [0, 0.1) is 23.2 Å². The van der Waals surface area contributed by atoms with Gasteiger partial charge in [0.2, 0.25) is 23.6 Å². The van der Waals surface area contributed by atoms with Gasteiger partial charge in [-0.2, -0.15) is 0 Å². The molecule has 4 fully saturated rings. The van der Waals surface area contributed by atoms with Crippen molar-refractivity contribution in [3.8, 4) is 0 Å². The zero-order valence-corrected chi connectivity index (χ0v) is 26.8. The number of amides is 4. The maximum absolute atomic E-state index is 13.9. The summed E-state index contributed by atoms with van der Waals surface area (Å²) >= 11 is 0. The monoisotopic (exact) mass is 639 g/mol. The standard InChI is InChI=1S/C33H53N9O4/c34-11-5-4-9-25(28(36)43)40-31(46)27(19-33-16-21-13-22(17-33)23(14-21)18-33)42-30(45)26(10-6-12-39-32(37)38)41-29(44)24(35)15-20-7-2-1-3-8-20/h1-3,7-8,21-27H,4-6,9-19,34-35H2,(H2,36,43)(H,40,46)(H,41,44)(H,42,45)(H4,37,38,39)/t21?,22?,23?,24-,25-,26+,27-,33?/m0/s1. The molecule has 13 nitrogen and oxygen atoms in total. The van der Waals surface area contributed by atoms with E-state index in [2.05, 4.69) is 20.9 Å². The van der Waals surface area contributed by atoms with Crippen molar-refractivity contribution in [2.24, 2.45) is 56.8 Å². The summed E-state index contributed by atoms with van der Waals surface area (Å²) in [5.74, 6) is -0.148. The molecule has 4 aliphatic carbocycles. The minimum Gasteiger partial charge on any atom is -0.370 e. The van der Waals surface area contributed by atoms with Gasteiger partial charge in [-0.15, -0.1) is 0 Å². The Balaban J connectivity index is 1.50. The quantitative estimate of drug-likeness (QED) is 0.0575. The molecule has 13 heteroatoms. The van der Waals surface area contributed by atoms with E-state index >= 15 is 0 Å². The summed E-state index contributed by atoms with van der Waals surface area (Å²) in [7, 11) is 0. The largest absolute Gasteiger partial charge is 0.370 e. The Morgan fingerprint density at radius 1 is 0.804 bits per heavy atom. The maximum Gasteiger partial charge on any atom is 0.243 e. The molecule has 0 saturated heterocycles.